The first-order valence-corrected chi connectivity index (χ1v) is 4.44. The lowest BCUT2D eigenvalue weighted by Gasteiger charge is -2.27. The number of likely N-dealkylation sites (N-methyl/N-ethyl adjacent to an activating group) is 1. The Labute approximate surface area is 82.2 Å². The van der Waals surface area contributed by atoms with E-state index in [-0.39, 0.29) is 5.91 Å². The summed E-state index contributed by atoms with van der Waals surface area (Å²) in [6.07, 6.45) is 0. The average molecular weight is 192 g/mol. The lowest BCUT2D eigenvalue weighted by atomic mass is 10.2. The predicted molar refractivity (Wildman–Crippen MR) is 53.4 cm³/mol. The summed E-state index contributed by atoms with van der Waals surface area (Å²) in [6, 6.07) is 0. The van der Waals surface area contributed by atoms with Gasteiger partial charge in [-0.25, -0.2) is 9.97 Å². The van der Waals surface area contributed by atoms with Crippen molar-refractivity contribution < 1.29 is 4.79 Å². The molecule has 74 valence electrons. The fourth-order valence-corrected chi connectivity index (χ4v) is 1.72. The Balaban J connectivity index is 2.58. The van der Waals surface area contributed by atoms with E-state index in [2.05, 4.69) is 15.3 Å². The molecule has 1 amide bonds. The molecule has 0 radical (unpaired) electrons. The molecule has 2 rings (SSSR count). The van der Waals surface area contributed by atoms with Gasteiger partial charge in [0, 0.05) is 7.05 Å². The molecule has 1 aliphatic heterocycles. The molecular weight excluding hydrogens is 180 g/mol. The van der Waals surface area contributed by atoms with Crippen molar-refractivity contribution in [3.8, 4) is 0 Å². The maximum atomic E-state index is 11.2. The van der Waals surface area contributed by atoms with Gasteiger partial charge in [0.1, 0.15) is 11.5 Å². The maximum absolute atomic E-state index is 11.2. The van der Waals surface area contributed by atoms with Crippen molar-refractivity contribution in [2.45, 2.75) is 13.8 Å². The highest BCUT2D eigenvalue weighted by molar-refractivity contribution is 6.00. The molecule has 5 nitrogen and oxygen atoms in total. The van der Waals surface area contributed by atoms with Crippen LogP contribution < -0.4 is 10.2 Å². The van der Waals surface area contributed by atoms with Crippen LogP contribution in [0.25, 0.3) is 0 Å². The summed E-state index contributed by atoms with van der Waals surface area (Å²) in [5.74, 6) is 1.27. The molecule has 1 N–H and O–H groups in total. The third-order valence-electron chi connectivity index (χ3n) is 2.19. The van der Waals surface area contributed by atoms with E-state index in [0.29, 0.717) is 18.2 Å². The zero-order valence-electron chi connectivity index (χ0n) is 8.46. The standard InChI is InChI=1S/C9H12N4O/c1-5-8-9(11-6(2)10-5)12-7(14)4-13(8)3/h4H2,1-3H3,(H,10,11,12,14). The number of anilines is 2. The smallest absolute Gasteiger partial charge is 0.245 e. The molecule has 0 spiro atoms. The largest absolute Gasteiger partial charge is 0.361 e. The van der Waals surface area contributed by atoms with E-state index in [9.17, 15) is 4.79 Å². The molecule has 0 bridgehead atoms. The van der Waals surface area contributed by atoms with Gasteiger partial charge < -0.3 is 10.2 Å². The van der Waals surface area contributed by atoms with Crippen molar-refractivity contribution in [2.75, 3.05) is 23.8 Å². The first-order valence-electron chi connectivity index (χ1n) is 4.44. The van der Waals surface area contributed by atoms with Gasteiger partial charge in [-0.3, -0.25) is 4.79 Å². The molecule has 0 atom stereocenters. The van der Waals surface area contributed by atoms with Crippen molar-refractivity contribution in [3.05, 3.63) is 11.5 Å². The number of aryl methyl sites for hydroxylation is 2. The van der Waals surface area contributed by atoms with Crippen molar-refractivity contribution in [1.29, 1.82) is 0 Å². The predicted octanol–water partition coefficient (Wildman–Crippen LogP) is 0.482. The van der Waals surface area contributed by atoms with Crippen LogP contribution in [0.15, 0.2) is 0 Å². The lowest BCUT2D eigenvalue weighted by molar-refractivity contribution is -0.115. The number of nitrogens with zero attached hydrogens (tertiary/aromatic N) is 3. The molecular formula is C9H12N4O. The number of hydrogen-bond acceptors (Lipinski definition) is 4. The number of amides is 1. The molecule has 1 aromatic heterocycles. The summed E-state index contributed by atoms with van der Waals surface area (Å²) in [4.78, 5) is 21.6. The molecule has 0 unspecified atom stereocenters. The Morgan fingerprint density at radius 1 is 1.36 bits per heavy atom. The Kier molecular flexibility index (Phi) is 1.87. The number of aromatic nitrogens is 2. The van der Waals surface area contributed by atoms with Gasteiger partial charge in [-0.15, -0.1) is 0 Å². The van der Waals surface area contributed by atoms with E-state index in [1.165, 1.54) is 0 Å². The zero-order chi connectivity index (χ0) is 10.3. The highest BCUT2D eigenvalue weighted by atomic mass is 16.2. The Morgan fingerprint density at radius 2 is 2.07 bits per heavy atom. The van der Waals surface area contributed by atoms with E-state index < -0.39 is 0 Å². The fraction of sp³-hybridized carbons (Fsp3) is 0.444. The molecule has 1 aliphatic rings. The third-order valence-corrected chi connectivity index (χ3v) is 2.19. The van der Waals surface area contributed by atoms with Crippen LogP contribution in [-0.4, -0.2) is 29.5 Å². The number of carbonyl (C=O) groups excluding carboxylic acids is 1. The van der Waals surface area contributed by atoms with Gasteiger partial charge in [0.05, 0.1) is 12.2 Å². The molecule has 14 heavy (non-hydrogen) atoms. The number of fused-ring (bicyclic) bond motifs is 1. The summed E-state index contributed by atoms with van der Waals surface area (Å²) < 4.78 is 0. The Hall–Kier alpha value is -1.65. The normalized spacial score (nSPS) is 15.1. The molecule has 5 heteroatoms. The van der Waals surface area contributed by atoms with Crippen molar-refractivity contribution >= 4 is 17.4 Å². The summed E-state index contributed by atoms with van der Waals surface area (Å²) in [5.41, 5.74) is 1.81. The van der Waals surface area contributed by atoms with E-state index >= 15 is 0 Å². The lowest BCUT2D eigenvalue weighted by Crippen LogP contribution is -2.36. The van der Waals surface area contributed by atoms with Gasteiger partial charge in [-0.05, 0) is 13.8 Å². The van der Waals surface area contributed by atoms with Gasteiger partial charge in [0.25, 0.3) is 0 Å². The maximum Gasteiger partial charge on any atom is 0.245 e. The van der Waals surface area contributed by atoms with Crippen molar-refractivity contribution in [2.24, 2.45) is 0 Å². The minimum Gasteiger partial charge on any atom is -0.361 e. The highest BCUT2D eigenvalue weighted by Crippen LogP contribution is 2.28. The molecule has 2 heterocycles. The van der Waals surface area contributed by atoms with Gasteiger partial charge in [0.2, 0.25) is 5.91 Å². The summed E-state index contributed by atoms with van der Waals surface area (Å²) in [7, 11) is 1.86. The number of rotatable bonds is 0. The molecule has 0 aromatic carbocycles. The SMILES string of the molecule is Cc1nc(C)c2c(n1)NC(=O)CN2C. The number of carbonyl (C=O) groups is 1. The van der Waals surface area contributed by atoms with Crippen LogP contribution in [0.1, 0.15) is 11.5 Å². The monoisotopic (exact) mass is 192 g/mol. The Bertz CT molecular complexity index is 402. The number of hydrogen-bond donors (Lipinski definition) is 1. The van der Waals surface area contributed by atoms with Crippen LogP contribution in [-0.2, 0) is 4.79 Å². The quantitative estimate of drug-likeness (QED) is 0.649. The summed E-state index contributed by atoms with van der Waals surface area (Å²) in [6.45, 7) is 4.09. The van der Waals surface area contributed by atoms with E-state index in [1.807, 2.05) is 25.8 Å². The first-order chi connectivity index (χ1) is 6.58. The number of nitrogens with one attached hydrogen (secondary N) is 1. The third kappa shape index (κ3) is 1.30. The highest BCUT2D eigenvalue weighted by Gasteiger charge is 2.22. The topological polar surface area (TPSA) is 58.1 Å². The van der Waals surface area contributed by atoms with Gasteiger partial charge in [-0.1, -0.05) is 0 Å². The van der Waals surface area contributed by atoms with Crippen molar-refractivity contribution in [1.82, 2.24) is 9.97 Å². The minimum absolute atomic E-state index is 0.0301. The molecule has 0 fully saturated rings. The molecule has 1 aromatic rings. The van der Waals surface area contributed by atoms with E-state index in [1.54, 1.807) is 0 Å². The van der Waals surface area contributed by atoms with Gasteiger partial charge in [-0.2, -0.15) is 0 Å². The molecule has 0 saturated heterocycles. The van der Waals surface area contributed by atoms with E-state index in [4.69, 9.17) is 0 Å². The Morgan fingerprint density at radius 3 is 2.79 bits per heavy atom. The van der Waals surface area contributed by atoms with Crippen LogP contribution in [0.3, 0.4) is 0 Å². The summed E-state index contributed by atoms with van der Waals surface area (Å²) in [5, 5.41) is 2.74. The molecule has 0 aliphatic carbocycles. The zero-order valence-corrected chi connectivity index (χ0v) is 8.46. The molecule has 0 saturated carbocycles. The van der Waals surface area contributed by atoms with E-state index in [0.717, 1.165) is 11.4 Å². The van der Waals surface area contributed by atoms with Gasteiger partial charge >= 0.3 is 0 Å². The fourth-order valence-electron chi connectivity index (χ4n) is 1.72. The van der Waals surface area contributed by atoms with Crippen molar-refractivity contribution in [3.63, 3.8) is 0 Å². The van der Waals surface area contributed by atoms with Gasteiger partial charge in [0.15, 0.2) is 5.82 Å². The second-order valence-corrected chi connectivity index (χ2v) is 3.46. The second-order valence-electron chi connectivity index (χ2n) is 3.46. The van der Waals surface area contributed by atoms with Crippen LogP contribution in [0.4, 0.5) is 11.5 Å². The van der Waals surface area contributed by atoms with Crippen LogP contribution in [0.5, 0.6) is 0 Å². The first kappa shape index (κ1) is 8.93. The average Bonchev–Trinajstić information content (AvgIpc) is 1.99. The van der Waals surface area contributed by atoms with Crippen LogP contribution in [0, 0.1) is 13.8 Å². The van der Waals surface area contributed by atoms with Crippen LogP contribution in [0.2, 0.25) is 0 Å². The van der Waals surface area contributed by atoms with Crippen LogP contribution >= 0.6 is 0 Å². The summed E-state index contributed by atoms with van der Waals surface area (Å²) >= 11 is 0. The second kappa shape index (κ2) is 2.94. The minimum atomic E-state index is -0.0301.